The van der Waals surface area contributed by atoms with Crippen LogP contribution in [0.15, 0.2) is 18.2 Å². The van der Waals surface area contributed by atoms with Crippen molar-refractivity contribution >= 4 is 11.4 Å². The van der Waals surface area contributed by atoms with E-state index in [2.05, 4.69) is 25.2 Å². The molecular formula is C18H30N2O. The number of ether oxygens (including phenoxy) is 1. The summed E-state index contributed by atoms with van der Waals surface area (Å²) in [6.45, 7) is 6.21. The van der Waals surface area contributed by atoms with Gasteiger partial charge in [-0.1, -0.05) is 33.1 Å². The van der Waals surface area contributed by atoms with Crippen molar-refractivity contribution in [2.75, 3.05) is 24.2 Å². The molecule has 21 heavy (non-hydrogen) atoms. The molecule has 2 rings (SSSR count). The fraction of sp³-hybridized carbons (Fsp3) is 0.667. The molecule has 1 aromatic rings. The van der Waals surface area contributed by atoms with Crippen LogP contribution in [-0.4, -0.2) is 13.2 Å². The Hall–Kier alpha value is -1.38. The van der Waals surface area contributed by atoms with E-state index < -0.39 is 0 Å². The third kappa shape index (κ3) is 5.14. The first kappa shape index (κ1) is 16.0. The highest BCUT2D eigenvalue weighted by atomic mass is 16.5. The molecule has 1 aliphatic rings. The van der Waals surface area contributed by atoms with Crippen molar-refractivity contribution < 1.29 is 4.74 Å². The Morgan fingerprint density at radius 3 is 2.48 bits per heavy atom. The van der Waals surface area contributed by atoms with Crippen LogP contribution in [0.3, 0.4) is 0 Å². The van der Waals surface area contributed by atoms with Crippen LogP contribution >= 0.6 is 0 Å². The van der Waals surface area contributed by atoms with Crippen molar-refractivity contribution in [1.82, 2.24) is 0 Å². The summed E-state index contributed by atoms with van der Waals surface area (Å²) in [6.07, 6.45) is 7.85. The van der Waals surface area contributed by atoms with Crippen LogP contribution in [0.5, 0.6) is 5.75 Å². The summed E-state index contributed by atoms with van der Waals surface area (Å²) in [6, 6.07) is 5.95. The Kier molecular flexibility index (Phi) is 6.21. The highest BCUT2D eigenvalue weighted by Crippen LogP contribution is 2.31. The van der Waals surface area contributed by atoms with Crippen molar-refractivity contribution in [2.24, 2.45) is 11.8 Å². The van der Waals surface area contributed by atoms with Gasteiger partial charge in [0.2, 0.25) is 0 Å². The Labute approximate surface area is 129 Å². The van der Waals surface area contributed by atoms with E-state index in [1.807, 2.05) is 12.1 Å². The van der Waals surface area contributed by atoms with E-state index in [-0.39, 0.29) is 0 Å². The molecule has 0 aromatic heterocycles. The van der Waals surface area contributed by atoms with Gasteiger partial charge in [0.1, 0.15) is 5.75 Å². The summed E-state index contributed by atoms with van der Waals surface area (Å²) in [5.41, 5.74) is 7.80. The lowest BCUT2D eigenvalue weighted by Crippen LogP contribution is -2.21. The summed E-state index contributed by atoms with van der Waals surface area (Å²) < 4.78 is 5.68. The zero-order valence-corrected chi connectivity index (χ0v) is 13.5. The van der Waals surface area contributed by atoms with Crippen LogP contribution in [0.1, 0.15) is 52.4 Å². The van der Waals surface area contributed by atoms with Crippen LogP contribution in [0.4, 0.5) is 11.4 Å². The SMILES string of the molecule is CCCOc1cc(N)cc(NCC2CCC(CC)CC2)c1. The monoisotopic (exact) mass is 290 g/mol. The van der Waals surface area contributed by atoms with Crippen LogP contribution < -0.4 is 15.8 Å². The normalized spacial score (nSPS) is 22.0. The molecule has 0 aliphatic heterocycles. The molecule has 0 amide bonds. The lowest BCUT2D eigenvalue weighted by atomic mass is 9.81. The second-order valence-corrected chi connectivity index (χ2v) is 6.32. The molecule has 118 valence electrons. The Bertz CT molecular complexity index is 425. The number of hydrogen-bond donors (Lipinski definition) is 2. The Balaban J connectivity index is 1.84. The molecule has 3 heteroatoms. The minimum Gasteiger partial charge on any atom is -0.493 e. The van der Waals surface area contributed by atoms with Gasteiger partial charge in [0, 0.05) is 30.1 Å². The van der Waals surface area contributed by atoms with Crippen molar-refractivity contribution in [3.05, 3.63) is 18.2 Å². The van der Waals surface area contributed by atoms with E-state index >= 15 is 0 Å². The van der Waals surface area contributed by atoms with E-state index in [9.17, 15) is 0 Å². The van der Waals surface area contributed by atoms with Crippen molar-refractivity contribution in [3.63, 3.8) is 0 Å². The largest absolute Gasteiger partial charge is 0.493 e. The molecule has 1 saturated carbocycles. The molecule has 1 aliphatic carbocycles. The van der Waals surface area contributed by atoms with Crippen LogP contribution in [0.2, 0.25) is 0 Å². The molecule has 0 saturated heterocycles. The molecule has 1 fully saturated rings. The van der Waals surface area contributed by atoms with E-state index in [0.29, 0.717) is 0 Å². The number of nitrogens with two attached hydrogens (primary N) is 1. The fourth-order valence-corrected chi connectivity index (χ4v) is 3.13. The topological polar surface area (TPSA) is 47.3 Å². The second kappa shape index (κ2) is 8.16. The van der Waals surface area contributed by atoms with Crippen molar-refractivity contribution in [1.29, 1.82) is 0 Å². The number of benzene rings is 1. The number of nitrogens with one attached hydrogen (secondary N) is 1. The molecule has 0 atom stereocenters. The fourth-order valence-electron chi connectivity index (χ4n) is 3.13. The molecule has 3 N–H and O–H groups in total. The summed E-state index contributed by atoms with van der Waals surface area (Å²) >= 11 is 0. The summed E-state index contributed by atoms with van der Waals surface area (Å²) in [5, 5.41) is 3.54. The van der Waals surface area contributed by atoms with Gasteiger partial charge >= 0.3 is 0 Å². The number of nitrogen functional groups attached to an aromatic ring is 1. The van der Waals surface area contributed by atoms with Gasteiger partial charge in [0.05, 0.1) is 6.61 Å². The molecule has 0 spiro atoms. The third-order valence-electron chi connectivity index (χ3n) is 4.54. The third-order valence-corrected chi connectivity index (χ3v) is 4.54. The first-order chi connectivity index (χ1) is 10.2. The van der Waals surface area contributed by atoms with Crippen molar-refractivity contribution in [2.45, 2.75) is 52.4 Å². The average molecular weight is 290 g/mol. The predicted molar refractivity (Wildman–Crippen MR) is 90.9 cm³/mol. The van der Waals surface area contributed by atoms with Gasteiger partial charge < -0.3 is 15.8 Å². The van der Waals surface area contributed by atoms with Gasteiger partial charge in [-0.2, -0.15) is 0 Å². The van der Waals surface area contributed by atoms with Gasteiger partial charge in [0.15, 0.2) is 0 Å². The molecule has 0 radical (unpaired) electrons. The predicted octanol–water partition coefficient (Wildman–Crippen LogP) is 4.69. The zero-order chi connectivity index (χ0) is 15.1. The number of anilines is 2. The number of hydrogen-bond acceptors (Lipinski definition) is 3. The van der Waals surface area contributed by atoms with E-state index in [1.165, 1.54) is 32.1 Å². The quantitative estimate of drug-likeness (QED) is 0.716. The van der Waals surface area contributed by atoms with E-state index in [1.54, 1.807) is 0 Å². The molecule has 1 aromatic carbocycles. The van der Waals surface area contributed by atoms with Crippen LogP contribution in [0, 0.1) is 11.8 Å². The minimum absolute atomic E-state index is 0.740. The average Bonchev–Trinajstić information content (AvgIpc) is 2.51. The lowest BCUT2D eigenvalue weighted by molar-refractivity contribution is 0.278. The van der Waals surface area contributed by atoms with E-state index in [0.717, 1.165) is 48.5 Å². The van der Waals surface area contributed by atoms with Crippen LogP contribution in [-0.2, 0) is 0 Å². The minimum atomic E-state index is 0.740. The van der Waals surface area contributed by atoms with E-state index in [4.69, 9.17) is 10.5 Å². The highest BCUT2D eigenvalue weighted by Gasteiger charge is 2.19. The lowest BCUT2D eigenvalue weighted by Gasteiger charge is -2.28. The standard InChI is InChI=1S/C18H30N2O/c1-3-9-21-18-11-16(19)10-17(12-18)20-13-15-7-5-14(4-2)6-8-15/h10-12,14-15,20H,3-9,13,19H2,1-2H3. The molecule has 0 unspecified atom stereocenters. The Morgan fingerprint density at radius 1 is 1.10 bits per heavy atom. The molecule has 0 heterocycles. The summed E-state index contributed by atoms with van der Waals surface area (Å²) in [5.74, 6) is 2.63. The number of rotatable bonds is 7. The van der Waals surface area contributed by atoms with Crippen molar-refractivity contribution in [3.8, 4) is 5.75 Å². The first-order valence-electron chi connectivity index (χ1n) is 8.48. The van der Waals surface area contributed by atoms with Gasteiger partial charge in [-0.15, -0.1) is 0 Å². The molecule has 0 bridgehead atoms. The highest BCUT2D eigenvalue weighted by molar-refractivity contribution is 5.59. The maximum atomic E-state index is 5.96. The summed E-state index contributed by atoms with van der Waals surface area (Å²) in [7, 11) is 0. The van der Waals surface area contributed by atoms with Crippen LogP contribution in [0.25, 0.3) is 0 Å². The molecular weight excluding hydrogens is 260 g/mol. The smallest absolute Gasteiger partial charge is 0.123 e. The maximum Gasteiger partial charge on any atom is 0.123 e. The van der Waals surface area contributed by atoms with Gasteiger partial charge in [-0.25, -0.2) is 0 Å². The first-order valence-corrected chi connectivity index (χ1v) is 8.48. The maximum absolute atomic E-state index is 5.96. The Morgan fingerprint density at radius 2 is 1.81 bits per heavy atom. The summed E-state index contributed by atoms with van der Waals surface area (Å²) in [4.78, 5) is 0. The second-order valence-electron chi connectivity index (χ2n) is 6.32. The van der Waals surface area contributed by atoms with Gasteiger partial charge in [0.25, 0.3) is 0 Å². The van der Waals surface area contributed by atoms with Gasteiger partial charge in [-0.3, -0.25) is 0 Å². The zero-order valence-electron chi connectivity index (χ0n) is 13.5. The van der Waals surface area contributed by atoms with Gasteiger partial charge in [-0.05, 0) is 37.2 Å². The molecule has 3 nitrogen and oxygen atoms in total.